The van der Waals surface area contributed by atoms with Gasteiger partial charge in [0, 0.05) is 27.2 Å². The maximum Gasteiger partial charge on any atom is 0.516 e. The molecule has 0 aliphatic carbocycles. The molecule has 0 saturated carbocycles. The topological polar surface area (TPSA) is 65.8 Å². The molecule has 0 radical (unpaired) electrons. The summed E-state index contributed by atoms with van der Waals surface area (Å²) in [7, 11) is -1.68. The lowest BCUT2D eigenvalue weighted by atomic mass is 9.85. The molecule has 9 heteroatoms. The average Bonchev–Trinajstić information content (AvgIpc) is 3.03. The van der Waals surface area contributed by atoms with Gasteiger partial charge in [-0.25, -0.2) is 4.68 Å². The van der Waals surface area contributed by atoms with E-state index in [0.29, 0.717) is 25.2 Å². The predicted octanol–water partition coefficient (Wildman–Crippen LogP) is 2.23. The van der Waals surface area contributed by atoms with Crippen molar-refractivity contribution in [3.05, 3.63) is 6.07 Å². The first-order valence-electron chi connectivity index (χ1n) is 9.71. The third-order valence-electron chi connectivity index (χ3n) is 5.60. The van der Waals surface area contributed by atoms with Crippen LogP contribution in [0.1, 0.15) is 34.1 Å². The highest BCUT2D eigenvalue weighted by Crippen LogP contribution is 2.36. The van der Waals surface area contributed by atoms with Gasteiger partial charge in [-0.05, 0) is 33.7 Å². The van der Waals surface area contributed by atoms with Gasteiger partial charge in [0.1, 0.15) is 12.5 Å². The van der Waals surface area contributed by atoms with Crippen LogP contribution in [0.5, 0.6) is 0 Å². The maximum absolute atomic E-state index is 12.4. The summed E-state index contributed by atoms with van der Waals surface area (Å²) in [6.45, 7) is 16.5. The van der Waals surface area contributed by atoms with Gasteiger partial charge in [0.25, 0.3) is 0 Å². The zero-order valence-corrected chi connectivity index (χ0v) is 18.7. The molecule has 0 aromatic carbocycles. The van der Waals surface area contributed by atoms with Crippen molar-refractivity contribution in [2.45, 2.75) is 77.5 Å². The zero-order chi connectivity index (χ0) is 20.0. The van der Waals surface area contributed by atoms with Crippen LogP contribution in [0, 0.1) is 0 Å². The van der Waals surface area contributed by atoms with Gasteiger partial charge in [-0.15, -0.1) is 0 Å². The second-order valence-electron chi connectivity index (χ2n) is 9.66. The molecule has 1 aromatic rings. The van der Waals surface area contributed by atoms with Gasteiger partial charge in [0.05, 0.1) is 23.3 Å². The lowest BCUT2D eigenvalue weighted by Crippen LogP contribution is -2.41. The molecule has 27 heavy (non-hydrogen) atoms. The van der Waals surface area contributed by atoms with Crippen LogP contribution in [0.2, 0.25) is 25.7 Å². The quantitative estimate of drug-likeness (QED) is 0.548. The Labute approximate surface area is 163 Å². The number of fused-ring (bicyclic) bond motifs is 1. The minimum absolute atomic E-state index is 0.0656. The molecular formula is C18H32BN3O4Si. The second-order valence-corrected chi connectivity index (χ2v) is 15.3. The third-order valence-corrected chi connectivity index (χ3v) is 7.31. The van der Waals surface area contributed by atoms with E-state index in [1.807, 2.05) is 38.4 Å². The van der Waals surface area contributed by atoms with Crippen molar-refractivity contribution in [1.29, 1.82) is 0 Å². The molecule has 2 aliphatic rings. The summed E-state index contributed by atoms with van der Waals surface area (Å²) >= 11 is 0. The highest BCUT2D eigenvalue weighted by molar-refractivity contribution is 6.76. The number of amides is 1. The summed E-state index contributed by atoms with van der Waals surface area (Å²) in [6.07, 6.45) is 0.425. The fraction of sp³-hybridized carbons (Fsp3) is 0.778. The first-order valence-corrected chi connectivity index (χ1v) is 13.4. The molecule has 3 heterocycles. The summed E-state index contributed by atoms with van der Waals surface area (Å²) in [6, 6.07) is 2.97. The number of aromatic nitrogens is 2. The van der Waals surface area contributed by atoms with Gasteiger partial charge >= 0.3 is 7.12 Å². The van der Waals surface area contributed by atoms with Crippen LogP contribution in [0.15, 0.2) is 6.07 Å². The molecule has 0 N–H and O–H groups in total. The summed E-state index contributed by atoms with van der Waals surface area (Å²) in [5, 5.41) is 4.64. The number of hydrogen-bond donors (Lipinski definition) is 0. The van der Waals surface area contributed by atoms with Gasteiger partial charge in [-0.3, -0.25) is 9.69 Å². The van der Waals surface area contributed by atoms with E-state index in [2.05, 4.69) is 24.7 Å². The SMILES string of the molecule is CC1(C)OB(c2cc3n(n2)CCC(=O)N3COCC[Si](C)(C)C)OC1(C)C. The third kappa shape index (κ3) is 4.31. The molecule has 150 valence electrons. The summed E-state index contributed by atoms with van der Waals surface area (Å²) < 4.78 is 19.9. The second kappa shape index (κ2) is 7.02. The van der Waals surface area contributed by atoms with Gasteiger partial charge in [-0.1, -0.05) is 19.6 Å². The smallest absolute Gasteiger partial charge is 0.398 e. The predicted molar refractivity (Wildman–Crippen MR) is 109 cm³/mol. The molecule has 2 aliphatic heterocycles. The van der Waals surface area contributed by atoms with Crippen LogP contribution in [-0.4, -0.2) is 55.4 Å². The van der Waals surface area contributed by atoms with Crippen molar-refractivity contribution in [1.82, 2.24) is 9.78 Å². The fourth-order valence-corrected chi connectivity index (χ4v) is 3.78. The van der Waals surface area contributed by atoms with E-state index in [9.17, 15) is 4.79 Å². The lowest BCUT2D eigenvalue weighted by molar-refractivity contribution is -0.120. The number of rotatable bonds is 6. The van der Waals surface area contributed by atoms with Crippen molar-refractivity contribution in [2.75, 3.05) is 18.2 Å². The summed E-state index contributed by atoms with van der Waals surface area (Å²) in [4.78, 5) is 14.1. The first-order chi connectivity index (χ1) is 12.4. The van der Waals surface area contributed by atoms with Crippen molar-refractivity contribution >= 4 is 32.5 Å². The van der Waals surface area contributed by atoms with E-state index in [1.54, 1.807) is 4.90 Å². The minimum atomic E-state index is -1.15. The molecule has 0 bridgehead atoms. The van der Waals surface area contributed by atoms with Crippen molar-refractivity contribution in [3.8, 4) is 0 Å². The van der Waals surface area contributed by atoms with Gasteiger partial charge in [-0.2, -0.15) is 5.10 Å². The molecular weight excluding hydrogens is 361 g/mol. The zero-order valence-electron chi connectivity index (χ0n) is 17.7. The first kappa shape index (κ1) is 20.6. The van der Waals surface area contributed by atoms with E-state index in [-0.39, 0.29) is 12.6 Å². The Morgan fingerprint density at radius 3 is 2.44 bits per heavy atom. The normalized spacial score (nSPS) is 21.7. The van der Waals surface area contributed by atoms with Crippen LogP contribution in [0.3, 0.4) is 0 Å². The number of nitrogens with zero attached hydrogens (tertiary/aromatic N) is 3. The summed E-state index contributed by atoms with van der Waals surface area (Å²) in [5.41, 5.74) is -0.139. The molecule has 7 nitrogen and oxygen atoms in total. The van der Waals surface area contributed by atoms with E-state index >= 15 is 0 Å². The summed E-state index contributed by atoms with van der Waals surface area (Å²) in [5.74, 6) is 0.819. The number of hydrogen-bond acceptors (Lipinski definition) is 5. The number of carbonyl (C=O) groups excluding carboxylic acids is 1. The largest absolute Gasteiger partial charge is 0.516 e. The minimum Gasteiger partial charge on any atom is -0.398 e. The molecule has 1 fully saturated rings. The van der Waals surface area contributed by atoms with Crippen LogP contribution in [-0.2, 0) is 25.4 Å². The van der Waals surface area contributed by atoms with E-state index in [0.717, 1.165) is 11.9 Å². The van der Waals surface area contributed by atoms with E-state index in [4.69, 9.17) is 14.0 Å². The Hall–Kier alpha value is -1.16. The monoisotopic (exact) mass is 393 g/mol. The molecule has 1 aromatic heterocycles. The fourth-order valence-electron chi connectivity index (χ4n) is 3.02. The van der Waals surface area contributed by atoms with Gasteiger partial charge in [0.2, 0.25) is 5.91 Å². The Balaban J connectivity index is 1.72. The lowest BCUT2D eigenvalue weighted by Gasteiger charge is -2.32. The standard InChI is InChI=1S/C18H32BN3O4Si/c1-17(2)18(3,4)26-19(25-17)14-12-15-21(13-24-10-11-27(5,6)7)16(23)8-9-22(15)20-14/h12H,8-11,13H2,1-7H3. The Bertz CT molecular complexity index is 698. The van der Waals surface area contributed by atoms with E-state index in [1.165, 1.54) is 0 Å². The van der Waals surface area contributed by atoms with E-state index < -0.39 is 26.4 Å². The molecule has 0 atom stereocenters. The highest BCUT2D eigenvalue weighted by atomic mass is 28.3. The van der Waals surface area contributed by atoms with Gasteiger partial charge < -0.3 is 14.0 Å². The van der Waals surface area contributed by atoms with Crippen LogP contribution in [0.4, 0.5) is 5.82 Å². The number of aryl methyl sites for hydroxylation is 1. The Morgan fingerprint density at radius 2 is 1.85 bits per heavy atom. The molecule has 1 amide bonds. The number of carbonyl (C=O) groups is 1. The van der Waals surface area contributed by atoms with Crippen LogP contribution >= 0.6 is 0 Å². The van der Waals surface area contributed by atoms with Crippen LogP contribution < -0.4 is 10.5 Å². The van der Waals surface area contributed by atoms with Crippen LogP contribution in [0.25, 0.3) is 0 Å². The molecule has 1 saturated heterocycles. The van der Waals surface area contributed by atoms with Crippen molar-refractivity contribution < 1.29 is 18.8 Å². The van der Waals surface area contributed by atoms with Crippen molar-refractivity contribution in [2.24, 2.45) is 0 Å². The van der Waals surface area contributed by atoms with Gasteiger partial charge in [0.15, 0.2) is 0 Å². The maximum atomic E-state index is 12.4. The Kier molecular flexibility index (Phi) is 5.35. The highest BCUT2D eigenvalue weighted by Gasteiger charge is 2.53. The van der Waals surface area contributed by atoms with Crippen molar-refractivity contribution in [3.63, 3.8) is 0 Å². The molecule has 0 unspecified atom stereocenters. The number of ether oxygens (including phenoxy) is 1. The average molecular weight is 393 g/mol. The number of anilines is 1. The Morgan fingerprint density at radius 1 is 1.22 bits per heavy atom. The molecule has 0 spiro atoms. The molecule has 3 rings (SSSR count).